The molecule has 0 aromatic heterocycles. The second kappa shape index (κ2) is 11.2. The predicted octanol–water partition coefficient (Wildman–Crippen LogP) is 3.11. The van der Waals surface area contributed by atoms with Gasteiger partial charge in [-0.3, -0.25) is 9.80 Å². The Balaban J connectivity index is 1.55. The van der Waals surface area contributed by atoms with E-state index < -0.39 is 12.0 Å². The van der Waals surface area contributed by atoms with Gasteiger partial charge in [0.05, 0.1) is 23.9 Å². The van der Waals surface area contributed by atoms with Crippen LogP contribution in [0.15, 0.2) is 59.7 Å². The molecule has 1 amide bonds. The van der Waals surface area contributed by atoms with E-state index >= 15 is 0 Å². The highest BCUT2D eigenvalue weighted by atomic mass is 32.2. The lowest BCUT2D eigenvalue weighted by Gasteiger charge is -2.22. The molecule has 1 atom stereocenters. The molecule has 0 fully saturated rings. The molecule has 7 nitrogen and oxygen atoms in total. The maximum atomic E-state index is 12.9. The van der Waals surface area contributed by atoms with Crippen LogP contribution in [-0.4, -0.2) is 42.5 Å². The average molecular weight is 437 g/mol. The molecule has 2 aromatic rings. The molecule has 1 aliphatic rings. The van der Waals surface area contributed by atoms with Crippen LogP contribution in [0.25, 0.3) is 0 Å². The number of benzene rings is 2. The summed E-state index contributed by atoms with van der Waals surface area (Å²) >= 11 is 1.65. The Morgan fingerprint density at radius 3 is 2.71 bits per heavy atom. The van der Waals surface area contributed by atoms with Crippen molar-refractivity contribution in [1.29, 1.82) is 5.26 Å². The number of nitrogens with one attached hydrogen (secondary N) is 1. The summed E-state index contributed by atoms with van der Waals surface area (Å²) in [7, 11) is 0. The van der Waals surface area contributed by atoms with Crippen LogP contribution in [0, 0.1) is 11.3 Å². The van der Waals surface area contributed by atoms with Crippen LogP contribution in [0.2, 0.25) is 0 Å². The van der Waals surface area contributed by atoms with Gasteiger partial charge in [0.2, 0.25) is 5.91 Å². The second-order valence-electron chi connectivity index (χ2n) is 6.78. The fourth-order valence-electron chi connectivity index (χ4n) is 3.17. The lowest BCUT2D eigenvalue weighted by Crippen LogP contribution is -2.43. The molecule has 8 heteroatoms. The summed E-state index contributed by atoms with van der Waals surface area (Å²) in [6.45, 7) is 2.47. The maximum Gasteiger partial charge on any atom is 0.354 e. The van der Waals surface area contributed by atoms with Gasteiger partial charge in [-0.05, 0) is 30.7 Å². The van der Waals surface area contributed by atoms with Crippen molar-refractivity contribution in [3.8, 4) is 6.07 Å². The van der Waals surface area contributed by atoms with Gasteiger partial charge in [0.15, 0.2) is 0 Å². The van der Waals surface area contributed by atoms with Gasteiger partial charge in [-0.1, -0.05) is 36.4 Å². The number of carbonyl (C=O) groups is 2. The molecule has 0 radical (unpaired) electrons. The minimum Gasteiger partial charge on any atom is -0.461 e. The molecule has 160 valence electrons. The van der Waals surface area contributed by atoms with Gasteiger partial charge in [0, 0.05) is 24.5 Å². The number of ether oxygens (including phenoxy) is 1. The number of carbonyl (C=O) groups excluding carboxylic acids is 2. The van der Waals surface area contributed by atoms with Crippen molar-refractivity contribution in [3.63, 3.8) is 0 Å². The number of thioether (sulfide) groups is 1. The van der Waals surface area contributed by atoms with Gasteiger partial charge in [-0.2, -0.15) is 22.1 Å². The van der Waals surface area contributed by atoms with Crippen LogP contribution >= 0.6 is 11.8 Å². The van der Waals surface area contributed by atoms with Crippen LogP contribution in [0.3, 0.4) is 0 Å². The maximum absolute atomic E-state index is 12.9. The summed E-state index contributed by atoms with van der Waals surface area (Å²) in [4.78, 5) is 25.0. The number of para-hydroxylation sites is 1. The molecule has 0 saturated heterocycles. The number of esters is 1. The first kappa shape index (κ1) is 22.4. The quantitative estimate of drug-likeness (QED) is 0.479. The number of hydrogen-bond donors (Lipinski definition) is 1. The summed E-state index contributed by atoms with van der Waals surface area (Å²) in [6, 6.07) is 18.4. The van der Waals surface area contributed by atoms with Crippen molar-refractivity contribution in [1.82, 2.24) is 5.32 Å². The average Bonchev–Trinajstić information content (AvgIpc) is 3.25. The van der Waals surface area contributed by atoms with Crippen molar-refractivity contribution in [2.24, 2.45) is 5.10 Å². The third kappa shape index (κ3) is 5.86. The highest BCUT2D eigenvalue weighted by Gasteiger charge is 2.36. The summed E-state index contributed by atoms with van der Waals surface area (Å²) in [6.07, 6.45) is 0.197. The van der Waals surface area contributed by atoms with Gasteiger partial charge in [0.1, 0.15) is 11.8 Å². The zero-order valence-corrected chi connectivity index (χ0v) is 18.1. The number of nitriles is 1. The number of hydrogen-bond acceptors (Lipinski definition) is 7. The van der Waals surface area contributed by atoms with E-state index in [0.717, 1.165) is 11.3 Å². The van der Waals surface area contributed by atoms with E-state index in [0.29, 0.717) is 23.6 Å². The van der Waals surface area contributed by atoms with E-state index in [1.165, 1.54) is 0 Å². The zero-order chi connectivity index (χ0) is 22.1. The number of anilines is 1. The number of hydrazone groups is 1. The fourth-order valence-corrected chi connectivity index (χ4v) is 4.03. The van der Waals surface area contributed by atoms with Crippen molar-refractivity contribution >= 4 is 35.0 Å². The number of rotatable bonds is 9. The Hall–Kier alpha value is -3.31. The molecular formula is C23H24N4O3S. The summed E-state index contributed by atoms with van der Waals surface area (Å²) in [5, 5.41) is 18.0. The molecule has 1 N–H and O–H groups in total. The number of nitrogens with zero attached hydrogens (tertiary/aromatic N) is 3. The SMILES string of the molecule is CCOC(=O)C1=NN(c2ccccc2)[C@@H](C(=O)NCCSCc2ccccc2C#N)C1. The van der Waals surface area contributed by atoms with Gasteiger partial charge >= 0.3 is 5.97 Å². The fraction of sp³-hybridized carbons (Fsp3) is 0.304. The van der Waals surface area contributed by atoms with Crippen molar-refractivity contribution in [2.45, 2.75) is 25.1 Å². The van der Waals surface area contributed by atoms with Crippen molar-refractivity contribution < 1.29 is 14.3 Å². The van der Waals surface area contributed by atoms with E-state index in [4.69, 9.17) is 10.00 Å². The largest absolute Gasteiger partial charge is 0.461 e. The first-order chi connectivity index (χ1) is 15.1. The standard InChI is InChI=1S/C23H24N4O3S/c1-2-30-23(29)20-14-21(27(26-20)19-10-4-3-5-11-19)22(28)25-12-13-31-16-18-9-7-6-8-17(18)15-24/h3-11,21H,2,12-14,16H2,1H3,(H,25,28)/t21-/m1/s1. The van der Waals surface area contributed by atoms with Gasteiger partial charge in [-0.25, -0.2) is 4.79 Å². The predicted molar refractivity (Wildman–Crippen MR) is 122 cm³/mol. The first-order valence-corrected chi connectivity index (χ1v) is 11.2. The Morgan fingerprint density at radius 1 is 1.23 bits per heavy atom. The summed E-state index contributed by atoms with van der Waals surface area (Å²) in [5.41, 5.74) is 2.64. The van der Waals surface area contributed by atoms with Crippen LogP contribution in [0.5, 0.6) is 0 Å². The van der Waals surface area contributed by atoms with E-state index in [9.17, 15) is 9.59 Å². The molecule has 31 heavy (non-hydrogen) atoms. The van der Waals surface area contributed by atoms with Crippen LogP contribution in [0.1, 0.15) is 24.5 Å². The van der Waals surface area contributed by atoms with Crippen LogP contribution in [-0.2, 0) is 20.1 Å². The Morgan fingerprint density at radius 2 is 1.97 bits per heavy atom. The summed E-state index contributed by atoms with van der Waals surface area (Å²) < 4.78 is 5.06. The third-order valence-corrected chi connectivity index (χ3v) is 5.69. The van der Waals surface area contributed by atoms with Crippen LogP contribution < -0.4 is 10.3 Å². The Bertz CT molecular complexity index is 988. The molecule has 0 unspecified atom stereocenters. The third-order valence-electron chi connectivity index (χ3n) is 4.69. The second-order valence-corrected chi connectivity index (χ2v) is 7.88. The molecule has 0 aliphatic carbocycles. The molecule has 3 rings (SSSR count). The Labute approximate surface area is 186 Å². The van der Waals surface area contributed by atoms with Gasteiger partial charge < -0.3 is 10.1 Å². The molecule has 1 heterocycles. The zero-order valence-electron chi connectivity index (χ0n) is 17.3. The van der Waals surface area contributed by atoms with Gasteiger partial charge in [0.25, 0.3) is 0 Å². The number of amides is 1. The van der Waals surface area contributed by atoms with Crippen molar-refractivity contribution in [2.75, 3.05) is 23.9 Å². The molecule has 2 aromatic carbocycles. The topological polar surface area (TPSA) is 94.8 Å². The highest BCUT2D eigenvalue weighted by molar-refractivity contribution is 7.98. The van der Waals surface area contributed by atoms with Crippen LogP contribution in [0.4, 0.5) is 5.69 Å². The molecule has 0 spiro atoms. The monoisotopic (exact) mass is 436 g/mol. The smallest absolute Gasteiger partial charge is 0.354 e. The molecule has 0 bridgehead atoms. The lowest BCUT2D eigenvalue weighted by molar-refractivity contribution is -0.135. The summed E-state index contributed by atoms with van der Waals surface area (Å²) in [5.74, 6) is 0.722. The van der Waals surface area contributed by atoms with E-state index in [1.54, 1.807) is 29.8 Å². The van der Waals surface area contributed by atoms with E-state index in [-0.39, 0.29) is 24.6 Å². The molecular weight excluding hydrogens is 412 g/mol. The van der Waals surface area contributed by atoms with Gasteiger partial charge in [-0.15, -0.1) is 0 Å². The normalized spacial score (nSPS) is 15.2. The Kier molecular flexibility index (Phi) is 8.07. The van der Waals surface area contributed by atoms with E-state index in [2.05, 4.69) is 16.5 Å². The molecule has 1 aliphatic heterocycles. The van der Waals surface area contributed by atoms with Crippen molar-refractivity contribution in [3.05, 3.63) is 65.7 Å². The highest BCUT2D eigenvalue weighted by Crippen LogP contribution is 2.25. The van der Waals surface area contributed by atoms with E-state index in [1.807, 2.05) is 48.5 Å². The minimum absolute atomic E-state index is 0.190. The lowest BCUT2D eigenvalue weighted by atomic mass is 10.1. The molecule has 0 saturated carbocycles. The first-order valence-electron chi connectivity index (χ1n) is 10.1. The minimum atomic E-state index is -0.605.